The summed E-state index contributed by atoms with van der Waals surface area (Å²) in [5, 5.41) is 13.9. The summed E-state index contributed by atoms with van der Waals surface area (Å²) < 4.78 is 48.5. The fourth-order valence-electron chi connectivity index (χ4n) is 1.26. The van der Waals surface area contributed by atoms with Crippen molar-refractivity contribution < 1.29 is 22.0 Å². The highest BCUT2D eigenvalue weighted by atomic mass is 32.3. The van der Waals surface area contributed by atoms with Gasteiger partial charge in [-0.3, -0.25) is 9.40 Å². The van der Waals surface area contributed by atoms with E-state index in [0.29, 0.717) is 0 Å². The number of hydrogen-bond acceptors (Lipinski definition) is 7. The average molecular weight is 311 g/mol. The number of nitrogens with two attached hydrogens (primary N) is 1. The van der Waals surface area contributed by atoms with Gasteiger partial charge < -0.3 is 10.9 Å². The van der Waals surface area contributed by atoms with Crippen LogP contribution in [0.15, 0.2) is 11.4 Å². The molecule has 0 atom stereocenters. The second-order valence-electron chi connectivity index (χ2n) is 3.78. The van der Waals surface area contributed by atoms with E-state index in [0.717, 1.165) is 10.9 Å². The van der Waals surface area contributed by atoms with E-state index < -0.39 is 24.9 Å². The minimum Gasteiger partial charge on any atom is -0.409 e. The molecule has 0 aliphatic rings. The molecule has 0 aliphatic carbocycles. The topological polar surface area (TPSA) is 157 Å². The number of oxime groups is 1. The molecule has 1 rings (SSSR count). The quantitative estimate of drug-likeness (QED) is 0.252. The van der Waals surface area contributed by atoms with E-state index in [2.05, 4.69) is 10.3 Å². The molecule has 0 radical (unpaired) electrons. The molecule has 108 valence electrons. The van der Waals surface area contributed by atoms with Gasteiger partial charge in [0.05, 0.1) is 11.8 Å². The summed E-state index contributed by atoms with van der Waals surface area (Å²) in [5.41, 5.74) is 5.38. The molecular formula is C7H13N5O5S2. The molecular weight excluding hydrogens is 298 g/mol. The van der Waals surface area contributed by atoms with E-state index in [-0.39, 0.29) is 17.2 Å². The zero-order chi connectivity index (χ0) is 14.8. The number of aryl methyl sites for hydroxylation is 1. The highest BCUT2D eigenvalue weighted by Gasteiger charge is 2.22. The van der Waals surface area contributed by atoms with Gasteiger partial charge in [0.2, 0.25) is 10.0 Å². The molecule has 1 aromatic heterocycles. The molecule has 0 aromatic carbocycles. The number of sulfone groups is 1. The summed E-state index contributed by atoms with van der Waals surface area (Å²) in [6, 6.07) is 0. The van der Waals surface area contributed by atoms with E-state index in [9.17, 15) is 16.8 Å². The highest BCUT2D eigenvalue weighted by Crippen LogP contribution is 2.15. The second-order valence-corrected chi connectivity index (χ2v) is 8.00. The molecule has 0 spiro atoms. The van der Waals surface area contributed by atoms with Gasteiger partial charge in [0.15, 0.2) is 20.8 Å². The summed E-state index contributed by atoms with van der Waals surface area (Å²) in [6.45, 7) is 0. The van der Waals surface area contributed by atoms with E-state index in [4.69, 9.17) is 10.9 Å². The standard InChI is InChI=1S/C7H13N5O5S2/c1-12-7(5(3-9-12)6(8)10-13)11-19(16,17)4-18(2,14)15/h3,11,13H,4H2,1-2H3,(H2,8,10). The van der Waals surface area contributed by atoms with Crippen molar-refractivity contribution in [1.82, 2.24) is 9.78 Å². The number of rotatable bonds is 5. The molecule has 4 N–H and O–H groups in total. The minimum atomic E-state index is -4.14. The Balaban J connectivity index is 3.17. The van der Waals surface area contributed by atoms with E-state index in [1.54, 1.807) is 0 Å². The number of aromatic nitrogens is 2. The third-order valence-electron chi connectivity index (χ3n) is 1.94. The lowest BCUT2D eigenvalue weighted by Gasteiger charge is -2.09. The van der Waals surface area contributed by atoms with Crippen molar-refractivity contribution in [2.75, 3.05) is 16.1 Å². The van der Waals surface area contributed by atoms with Crippen LogP contribution in [0.5, 0.6) is 0 Å². The van der Waals surface area contributed by atoms with E-state index >= 15 is 0 Å². The van der Waals surface area contributed by atoms with Gasteiger partial charge in [0, 0.05) is 13.3 Å². The van der Waals surface area contributed by atoms with Gasteiger partial charge in [-0.05, 0) is 0 Å². The summed E-state index contributed by atoms with van der Waals surface area (Å²) in [6.07, 6.45) is 1.97. The first-order chi connectivity index (χ1) is 8.56. The molecule has 19 heavy (non-hydrogen) atoms. The Morgan fingerprint density at radius 3 is 2.58 bits per heavy atom. The van der Waals surface area contributed by atoms with Crippen molar-refractivity contribution in [3.8, 4) is 0 Å². The van der Waals surface area contributed by atoms with Crippen LogP contribution in [0, 0.1) is 0 Å². The maximum absolute atomic E-state index is 11.7. The van der Waals surface area contributed by atoms with Crippen LogP contribution in [0.3, 0.4) is 0 Å². The maximum atomic E-state index is 11.7. The lowest BCUT2D eigenvalue weighted by Crippen LogP contribution is -2.25. The smallest absolute Gasteiger partial charge is 0.248 e. The molecule has 1 heterocycles. The molecule has 0 bridgehead atoms. The zero-order valence-corrected chi connectivity index (χ0v) is 11.7. The number of hydrogen-bond donors (Lipinski definition) is 3. The van der Waals surface area contributed by atoms with Gasteiger partial charge in [0.25, 0.3) is 0 Å². The molecule has 0 amide bonds. The first kappa shape index (κ1) is 15.2. The number of anilines is 1. The Bertz CT molecular complexity index is 702. The monoisotopic (exact) mass is 311 g/mol. The molecule has 1 aromatic rings. The van der Waals surface area contributed by atoms with Crippen LogP contribution in [-0.2, 0) is 26.9 Å². The summed E-state index contributed by atoms with van der Waals surface area (Å²) in [4.78, 5) is 0. The van der Waals surface area contributed by atoms with Crippen molar-refractivity contribution in [3.05, 3.63) is 11.8 Å². The summed E-state index contributed by atoms with van der Waals surface area (Å²) in [5.74, 6) is -0.455. The minimum absolute atomic E-state index is 0.0297. The molecule has 0 saturated heterocycles. The Labute approximate surface area is 109 Å². The van der Waals surface area contributed by atoms with E-state index in [1.165, 1.54) is 13.2 Å². The van der Waals surface area contributed by atoms with Crippen molar-refractivity contribution in [2.24, 2.45) is 17.9 Å². The van der Waals surface area contributed by atoms with Gasteiger partial charge in [-0.2, -0.15) is 5.10 Å². The average Bonchev–Trinajstić information content (AvgIpc) is 2.55. The number of sulfonamides is 1. The van der Waals surface area contributed by atoms with Crippen LogP contribution in [0.1, 0.15) is 5.56 Å². The van der Waals surface area contributed by atoms with Crippen molar-refractivity contribution in [3.63, 3.8) is 0 Å². The van der Waals surface area contributed by atoms with Crippen LogP contribution < -0.4 is 10.5 Å². The predicted octanol–water partition coefficient (Wildman–Crippen LogP) is -1.74. The second kappa shape index (κ2) is 5.05. The SMILES string of the molecule is Cn1ncc(C(N)=NO)c1NS(=O)(=O)CS(C)(=O)=O. The largest absolute Gasteiger partial charge is 0.409 e. The molecule has 0 aliphatic heterocycles. The van der Waals surface area contributed by atoms with Crippen molar-refractivity contribution in [1.29, 1.82) is 0 Å². The highest BCUT2D eigenvalue weighted by molar-refractivity contribution is 8.08. The number of amidine groups is 1. The third-order valence-corrected chi connectivity index (χ3v) is 5.40. The third kappa shape index (κ3) is 4.10. The molecule has 0 saturated carbocycles. The first-order valence-electron chi connectivity index (χ1n) is 4.74. The van der Waals surface area contributed by atoms with Gasteiger partial charge in [-0.15, -0.1) is 0 Å². The fourth-order valence-corrected chi connectivity index (χ4v) is 4.29. The predicted molar refractivity (Wildman–Crippen MR) is 68.0 cm³/mol. The van der Waals surface area contributed by atoms with Gasteiger partial charge in [0.1, 0.15) is 5.82 Å². The van der Waals surface area contributed by atoms with Crippen LogP contribution in [-0.4, -0.2) is 49.0 Å². The van der Waals surface area contributed by atoms with Crippen molar-refractivity contribution >= 4 is 31.5 Å². The van der Waals surface area contributed by atoms with Crippen LogP contribution in [0.4, 0.5) is 5.82 Å². The van der Waals surface area contributed by atoms with E-state index in [1.807, 2.05) is 4.72 Å². The maximum Gasteiger partial charge on any atom is 0.248 e. The Kier molecular flexibility index (Phi) is 4.05. The van der Waals surface area contributed by atoms with Gasteiger partial charge in [-0.25, -0.2) is 16.8 Å². The summed E-state index contributed by atoms with van der Waals surface area (Å²) >= 11 is 0. The molecule has 12 heteroatoms. The van der Waals surface area contributed by atoms with Crippen LogP contribution in [0.2, 0.25) is 0 Å². The summed E-state index contributed by atoms with van der Waals surface area (Å²) in [7, 11) is -6.46. The Hall–Kier alpha value is -1.82. The lowest BCUT2D eigenvalue weighted by molar-refractivity contribution is 0.318. The van der Waals surface area contributed by atoms with Gasteiger partial charge >= 0.3 is 0 Å². The number of nitrogens with zero attached hydrogens (tertiary/aromatic N) is 3. The normalized spacial score (nSPS) is 13.5. The molecule has 0 fully saturated rings. The van der Waals surface area contributed by atoms with Crippen molar-refractivity contribution in [2.45, 2.75) is 0 Å². The molecule has 10 nitrogen and oxygen atoms in total. The van der Waals surface area contributed by atoms with Crippen LogP contribution >= 0.6 is 0 Å². The Morgan fingerprint density at radius 1 is 1.53 bits per heavy atom. The van der Waals surface area contributed by atoms with Gasteiger partial charge in [-0.1, -0.05) is 5.16 Å². The zero-order valence-electron chi connectivity index (χ0n) is 10.1. The lowest BCUT2D eigenvalue weighted by atomic mass is 10.3. The van der Waals surface area contributed by atoms with Crippen LogP contribution in [0.25, 0.3) is 0 Å². The fraction of sp³-hybridized carbons (Fsp3) is 0.429. The first-order valence-corrected chi connectivity index (χ1v) is 8.45. The Morgan fingerprint density at radius 2 is 2.11 bits per heavy atom. The molecule has 0 unspecified atom stereocenters. The number of nitrogens with one attached hydrogen (secondary N) is 1.